The zero-order valence-corrected chi connectivity index (χ0v) is 13.4. The first-order valence-corrected chi connectivity index (χ1v) is 7.96. The van der Waals surface area contributed by atoms with E-state index in [2.05, 4.69) is 20.6 Å². The third kappa shape index (κ3) is 3.00. The summed E-state index contributed by atoms with van der Waals surface area (Å²) in [5.74, 6) is 0.468. The fourth-order valence-electron chi connectivity index (χ4n) is 3.07. The summed E-state index contributed by atoms with van der Waals surface area (Å²) in [7, 11) is 1.73. The molecule has 0 saturated heterocycles. The van der Waals surface area contributed by atoms with Crippen LogP contribution in [0.3, 0.4) is 0 Å². The predicted molar refractivity (Wildman–Crippen MR) is 93.3 cm³/mol. The van der Waals surface area contributed by atoms with E-state index in [-0.39, 0.29) is 6.04 Å². The standard InChI is InChI=1S/C17H23N5O/c1-23-10-12(6-4-5-9-18)22-11-20-15-16(22)13-7-2-3-8-14(13)21-17(15)19/h2-3,7-8,11-12H,4-6,9-10,18H2,1H3,(H2,19,21). The molecule has 6 nitrogen and oxygen atoms in total. The van der Waals surface area contributed by atoms with Crippen molar-refractivity contribution in [3.8, 4) is 0 Å². The van der Waals surface area contributed by atoms with Crippen LogP contribution in [0.15, 0.2) is 30.6 Å². The number of pyridine rings is 1. The fraction of sp³-hybridized carbons (Fsp3) is 0.412. The molecule has 1 aromatic carbocycles. The van der Waals surface area contributed by atoms with Gasteiger partial charge in [0.25, 0.3) is 0 Å². The lowest BCUT2D eigenvalue weighted by Crippen LogP contribution is -2.15. The topological polar surface area (TPSA) is 92.0 Å². The van der Waals surface area contributed by atoms with Gasteiger partial charge in [0.05, 0.1) is 30.0 Å². The van der Waals surface area contributed by atoms with E-state index < -0.39 is 0 Å². The van der Waals surface area contributed by atoms with E-state index in [1.807, 2.05) is 24.5 Å². The lowest BCUT2D eigenvalue weighted by molar-refractivity contribution is 0.151. The van der Waals surface area contributed by atoms with E-state index in [0.717, 1.165) is 41.2 Å². The van der Waals surface area contributed by atoms with Crippen molar-refractivity contribution in [2.45, 2.75) is 25.3 Å². The molecule has 0 amide bonds. The lowest BCUT2D eigenvalue weighted by Gasteiger charge is -2.19. The van der Waals surface area contributed by atoms with Crippen molar-refractivity contribution in [3.63, 3.8) is 0 Å². The van der Waals surface area contributed by atoms with Crippen LogP contribution in [0, 0.1) is 0 Å². The number of hydrogen-bond donors (Lipinski definition) is 2. The van der Waals surface area contributed by atoms with E-state index in [9.17, 15) is 0 Å². The maximum absolute atomic E-state index is 6.10. The van der Waals surface area contributed by atoms with Gasteiger partial charge in [-0.05, 0) is 25.5 Å². The smallest absolute Gasteiger partial charge is 0.152 e. The van der Waals surface area contributed by atoms with Gasteiger partial charge in [-0.25, -0.2) is 9.97 Å². The number of fused-ring (bicyclic) bond motifs is 3. The molecule has 23 heavy (non-hydrogen) atoms. The Balaban J connectivity index is 2.12. The third-order valence-electron chi connectivity index (χ3n) is 4.18. The number of benzene rings is 1. The Bertz CT molecular complexity index is 798. The van der Waals surface area contributed by atoms with Crippen LogP contribution >= 0.6 is 0 Å². The number of nitrogens with zero attached hydrogens (tertiary/aromatic N) is 3. The van der Waals surface area contributed by atoms with Crippen LogP contribution in [0.2, 0.25) is 0 Å². The molecule has 2 aromatic heterocycles. The van der Waals surface area contributed by atoms with Crippen LogP contribution in [0.4, 0.5) is 5.82 Å². The molecule has 1 unspecified atom stereocenters. The summed E-state index contributed by atoms with van der Waals surface area (Å²) >= 11 is 0. The number of ether oxygens (including phenoxy) is 1. The van der Waals surface area contributed by atoms with Crippen molar-refractivity contribution in [1.29, 1.82) is 0 Å². The van der Waals surface area contributed by atoms with Gasteiger partial charge in [-0.2, -0.15) is 0 Å². The zero-order valence-electron chi connectivity index (χ0n) is 13.4. The number of nitrogen functional groups attached to an aromatic ring is 1. The first kappa shape index (κ1) is 15.7. The predicted octanol–water partition coefficient (Wildman–Crippen LogP) is 2.48. The van der Waals surface area contributed by atoms with Gasteiger partial charge in [0.1, 0.15) is 5.52 Å². The van der Waals surface area contributed by atoms with Crippen LogP contribution in [0.5, 0.6) is 0 Å². The van der Waals surface area contributed by atoms with Crippen LogP contribution in [0.25, 0.3) is 21.9 Å². The van der Waals surface area contributed by atoms with E-state index in [4.69, 9.17) is 16.2 Å². The highest BCUT2D eigenvalue weighted by molar-refractivity contribution is 6.06. The van der Waals surface area contributed by atoms with E-state index in [1.165, 1.54) is 0 Å². The SMILES string of the molecule is COCC(CCCCN)n1cnc2c(N)nc3ccccc3c21. The third-order valence-corrected chi connectivity index (χ3v) is 4.18. The molecule has 0 aliphatic heterocycles. The van der Waals surface area contributed by atoms with Crippen molar-refractivity contribution >= 4 is 27.8 Å². The normalized spacial score (nSPS) is 13.0. The molecule has 3 aromatic rings. The number of imidazole rings is 1. The number of anilines is 1. The molecule has 0 fully saturated rings. The van der Waals surface area contributed by atoms with E-state index in [1.54, 1.807) is 7.11 Å². The summed E-state index contributed by atoms with van der Waals surface area (Å²) in [6.45, 7) is 1.34. The fourth-order valence-corrected chi connectivity index (χ4v) is 3.07. The number of aromatic nitrogens is 3. The number of rotatable bonds is 7. The second kappa shape index (κ2) is 6.93. The first-order valence-electron chi connectivity index (χ1n) is 7.96. The quantitative estimate of drug-likeness (QED) is 0.654. The van der Waals surface area contributed by atoms with E-state index >= 15 is 0 Å². The number of methoxy groups -OCH3 is 1. The summed E-state index contributed by atoms with van der Waals surface area (Å²) < 4.78 is 7.60. The highest BCUT2D eigenvalue weighted by Crippen LogP contribution is 2.30. The largest absolute Gasteiger partial charge is 0.383 e. The average Bonchev–Trinajstić information content (AvgIpc) is 3.00. The first-order chi connectivity index (χ1) is 11.3. The second-order valence-electron chi connectivity index (χ2n) is 5.76. The van der Waals surface area contributed by atoms with Crippen LogP contribution in [-0.4, -0.2) is 34.8 Å². The van der Waals surface area contributed by atoms with Gasteiger partial charge < -0.3 is 20.8 Å². The minimum Gasteiger partial charge on any atom is -0.383 e. The maximum atomic E-state index is 6.10. The molecule has 0 radical (unpaired) electrons. The van der Waals surface area contributed by atoms with Crippen molar-refractivity contribution in [2.24, 2.45) is 5.73 Å². The average molecular weight is 313 g/mol. The van der Waals surface area contributed by atoms with Crippen LogP contribution < -0.4 is 11.5 Å². The van der Waals surface area contributed by atoms with Gasteiger partial charge in [0.2, 0.25) is 0 Å². The highest BCUT2D eigenvalue weighted by atomic mass is 16.5. The number of para-hydroxylation sites is 1. The minimum absolute atomic E-state index is 0.210. The molecule has 1 atom stereocenters. The molecular weight excluding hydrogens is 290 g/mol. The van der Waals surface area contributed by atoms with E-state index in [0.29, 0.717) is 19.0 Å². The van der Waals surface area contributed by atoms with Gasteiger partial charge in [-0.1, -0.05) is 24.6 Å². The summed E-state index contributed by atoms with van der Waals surface area (Å²) in [4.78, 5) is 8.95. The van der Waals surface area contributed by atoms with Crippen molar-refractivity contribution < 1.29 is 4.74 Å². The molecular formula is C17H23N5O. The summed E-state index contributed by atoms with van der Waals surface area (Å²) in [6, 6.07) is 8.22. The highest BCUT2D eigenvalue weighted by Gasteiger charge is 2.18. The molecule has 4 N–H and O–H groups in total. The number of nitrogens with two attached hydrogens (primary N) is 2. The molecule has 0 aliphatic carbocycles. The Morgan fingerprint density at radius 3 is 2.87 bits per heavy atom. The van der Waals surface area contributed by atoms with Crippen molar-refractivity contribution in [3.05, 3.63) is 30.6 Å². The number of hydrogen-bond acceptors (Lipinski definition) is 5. The maximum Gasteiger partial charge on any atom is 0.152 e. The van der Waals surface area contributed by atoms with Crippen molar-refractivity contribution in [2.75, 3.05) is 26.0 Å². The molecule has 0 saturated carbocycles. The molecule has 0 aliphatic rings. The molecule has 0 bridgehead atoms. The Hall–Kier alpha value is -2.18. The van der Waals surface area contributed by atoms with Crippen LogP contribution in [-0.2, 0) is 4.74 Å². The molecule has 6 heteroatoms. The Morgan fingerprint density at radius 2 is 2.09 bits per heavy atom. The van der Waals surface area contributed by atoms with Gasteiger partial charge in [0.15, 0.2) is 5.82 Å². The molecule has 122 valence electrons. The van der Waals surface area contributed by atoms with Crippen molar-refractivity contribution in [1.82, 2.24) is 14.5 Å². The van der Waals surface area contributed by atoms with Gasteiger partial charge in [-0.3, -0.25) is 0 Å². The Kier molecular flexibility index (Phi) is 4.73. The van der Waals surface area contributed by atoms with Crippen LogP contribution in [0.1, 0.15) is 25.3 Å². The lowest BCUT2D eigenvalue weighted by atomic mass is 10.1. The van der Waals surface area contributed by atoms with Gasteiger partial charge >= 0.3 is 0 Å². The van der Waals surface area contributed by atoms with Gasteiger partial charge in [-0.15, -0.1) is 0 Å². The van der Waals surface area contributed by atoms with Gasteiger partial charge in [0, 0.05) is 12.5 Å². The molecule has 3 rings (SSSR count). The summed E-state index contributed by atoms with van der Waals surface area (Å²) in [5.41, 5.74) is 14.4. The Morgan fingerprint density at radius 1 is 1.26 bits per heavy atom. The minimum atomic E-state index is 0.210. The molecule has 0 spiro atoms. The number of unbranched alkanes of at least 4 members (excludes halogenated alkanes) is 1. The Labute approximate surface area is 135 Å². The summed E-state index contributed by atoms with van der Waals surface area (Å²) in [6.07, 6.45) is 4.91. The second-order valence-corrected chi connectivity index (χ2v) is 5.76. The zero-order chi connectivity index (χ0) is 16.2. The monoisotopic (exact) mass is 313 g/mol. The summed E-state index contributed by atoms with van der Waals surface area (Å²) in [5, 5.41) is 1.06. The molecule has 2 heterocycles.